The van der Waals surface area contributed by atoms with Gasteiger partial charge in [0.1, 0.15) is 24.1 Å². The summed E-state index contributed by atoms with van der Waals surface area (Å²) in [6.45, 7) is -1.04. The Morgan fingerprint density at radius 2 is 1.73 bits per heavy atom. The molecule has 3 atom stereocenters. The fraction of sp³-hybridized carbons (Fsp3) is 0.346. The molecule has 3 N–H and O–H groups in total. The Bertz CT molecular complexity index is 1420. The van der Waals surface area contributed by atoms with E-state index in [1.807, 2.05) is 6.07 Å². The predicted molar refractivity (Wildman–Crippen MR) is 126 cm³/mol. The molecule has 0 bridgehead atoms. The number of hydrogen-bond acceptors (Lipinski definition) is 11. The molecule has 1 fully saturated rings. The number of cyclic esters (lactones) is 1. The average molecular weight is 512 g/mol. The van der Waals surface area contributed by atoms with Crippen molar-refractivity contribution < 1.29 is 53.3 Å². The third-order valence-corrected chi connectivity index (χ3v) is 6.89. The van der Waals surface area contributed by atoms with Gasteiger partial charge >= 0.3 is 5.97 Å². The van der Waals surface area contributed by atoms with Crippen LogP contribution in [0.5, 0.6) is 28.7 Å². The van der Waals surface area contributed by atoms with Gasteiger partial charge in [-0.3, -0.25) is 0 Å². The van der Waals surface area contributed by atoms with Gasteiger partial charge in [0.05, 0.1) is 33.0 Å². The molecule has 0 spiro atoms. The Morgan fingerprint density at radius 1 is 1.00 bits per heavy atom. The zero-order chi connectivity index (χ0) is 25.9. The lowest BCUT2D eigenvalue weighted by Gasteiger charge is -2.25. The minimum atomic E-state index is -1.89. The number of ether oxygens (including phenoxy) is 7. The highest BCUT2D eigenvalue weighted by Gasteiger charge is 2.50. The Labute approximate surface area is 210 Å². The molecule has 1 saturated heterocycles. The van der Waals surface area contributed by atoms with Crippen molar-refractivity contribution in [1.82, 2.24) is 0 Å². The highest BCUT2D eigenvalue weighted by molar-refractivity contribution is 6.14. The van der Waals surface area contributed by atoms with E-state index in [4.69, 9.17) is 33.2 Å². The number of rotatable bonds is 6. The summed E-state index contributed by atoms with van der Waals surface area (Å²) in [4.78, 5) is 13.1. The van der Waals surface area contributed by atoms with Crippen LogP contribution in [-0.4, -0.2) is 73.5 Å². The zero-order valence-corrected chi connectivity index (χ0v) is 20.0. The fourth-order valence-corrected chi connectivity index (χ4v) is 4.90. The number of aliphatic hydroxyl groups is 3. The smallest absolute Gasteiger partial charge is 0.339 e. The number of aliphatic hydroxyl groups excluding tert-OH is 2. The van der Waals surface area contributed by atoms with Crippen LogP contribution in [0.2, 0.25) is 0 Å². The summed E-state index contributed by atoms with van der Waals surface area (Å²) in [6.07, 6.45) is -2.86. The monoisotopic (exact) mass is 512 g/mol. The van der Waals surface area contributed by atoms with Gasteiger partial charge in [0.25, 0.3) is 0 Å². The molecular weight excluding hydrogens is 488 g/mol. The minimum Gasteiger partial charge on any atom is -0.493 e. The van der Waals surface area contributed by atoms with Crippen molar-refractivity contribution in [2.75, 3.05) is 34.2 Å². The van der Waals surface area contributed by atoms with Crippen molar-refractivity contribution in [3.8, 4) is 39.9 Å². The van der Waals surface area contributed by atoms with Crippen LogP contribution in [-0.2, 0) is 16.1 Å². The number of methoxy groups -OCH3 is 2. The van der Waals surface area contributed by atoms with Gasteiger partial charge in [-0.05, 0) is 35.2 Å². The Balaban J connectivity index is 1.61. The number of fused-ring (bicyclic) bond motifs is 3. The van der Waals surface area contributed by atoms with Crippen LogP contribution < -0.4 is 23.7 Å². The van der Waals surface area contributed by atoms with E-state index in [2.05, 4.69) is 0 Å². The topological polar surface area (TPSA) is 142 Å². The Kier molecular flexibility index (Phi) is 5.53. The van der Waals surface area contributed by atoms with Crippen LogP contribution in [0.25, 0.3) is 21.9 Å². The van der Waals surface area contributed by atoms with Crippen LogP contribution in [0.4, 0.5) is 0 Å². The molecule has 194 valence electrons. The van der Waals surface area contributed by atoms with Gasteiger partial charge in [0.15, 0.2) is 23.0 Å². The summed E-state index contributed by atoms with van der Waals surface area (Å²) in [5.74, 6) is 1.62. The van der Waals surface area contributed by atoms with E-state index in [-0.39, 0.29) is 31.3 Å². The second-order valence-corrected chi connectivity index (χ2v) is 8.96. The van der Waals surface area contributed by atoms with Crippen molar-refractivity contribution in [2.45, 2.75) is 24.6 Å². The molecule has 0 radical (unpaired) electrons. The van der Waals surface area contributed by atoms with Crippen LogP contribution in [0, 0.1) is 0 Å². The highest BCUT2D eigenvalue weighted by atomic mass is 16.7. The highest BCUT2D eigenvalue weighted by Crippen LogP contribution is 2.49. The standard InChI is InChI=1S/C26H24O11/c1-31-17-6-13-14(7-18(17)32-2)22(37-25-23(28)26(30,9-27)10-34-25)15-8-33-24(29)21(15)20(13)12-3-4-16-19(5-12)36-11-35-16/h3-7,23,25,27-28,30H,8-11H2,1-2H3/t23-,25-,26-/m0/s1. The quantitative estimate of drug-likeness (QED) is 0.416. The van der Waals surface area contributed by atoms with Gasteiger partial charge in [-0.25, -0.2) is 4.79 Å². The van der Waals surface area contributed by atoms with Gasteiger partial charge in [-0.1, -0.05) is 6.07 Å². The van der Waals surface area contributed by atoms with E-state index in [0.717, 1.165) is 0 Å². The first kappa shape index (κ1) is 23.6. The normalized spacial score (nSPS) is 23.8. The maximum Gasteiger partial charge on any atom is 0.339 e. The van der Waals surface area contributed by atoms with Crippen molar-refractivity contribution in [3.05, 3.63) is 41.5 Å². The summed E-state index contributed by atoms with van der Waals surface area (Å²) < 4.78 is 39.1. The van der Waals surface area contributed by atoms with Crippen LogP contribution in [0.1, 0.15) is 15.9 Å². The molecule has 3 heterocycles. The van der Waals surface area contributed by atoms with Gasteiger partial charge < -0.3 is 48.5 Å². The Hall–Kier alpha value is -3.77. The lowest BCUT2D eigenvalue weighted by atomic mass is 9.89. The molecule has 3 aliphatic rings. The molecule has 0 amide bonds. The Morgan fingerprint density at radius 3 is 2.43 bits per heavy atom. The summed E-state index contributed by atoms with van der Waals surface area (Å²) in [6, 6.07) is 8.78. The van der Waals surface area contributed by atoms with E-state index >= 15 is 0 Å². The van der Waals surface area contributed by atoms with Crippen molar-refractivity contribution >= 4 is 16.7 Å². The SMILES string of the molecule is COc1cc2c(O[C@@H]3OC[C@@](O)(CO)[C@H]3O)c3c(c(-c4ccc5c(c4)OCO5)c2cc1OC)C(=O)OC3. The summed E-state index contributed by atoms with van der Waals surface area (Å²) >= 11 is 0. The molecule has 0 aliphatic carbocycles. The predicted octanol–water partition coefficient (Wildman–Crippen LogP) is 1.74. The van der Waals surface area contributed by atoms with Crippen molar-refractivity contribution in [2.24, 2.45) is 0 Å². The molecule has 3 aromatic carbocycles. The van der Waals surface area contributed by atoms with E-state index in [1.165, 1.54) is 14.2 Å². The van der Waals surface area contributed by atoms with E-state index in [1.54, 1.807) is 24.3 Å². The molecule has 0 saturated carbocycles. The maximum absolute atomic E-state index is 13.1. The zero-order valence-electron chi connectivity index (χ0n) is 20.0. The van der Waals surface area contributed by atoms with E-state index in [0.29, 0.717) is 50.5 Å². The largest absolute Gasteiger partial charge is 0.493 e. The molecule has 6 rings (SSSR count). The lowest BCUT2D eigenvalue weighted by molar-refractivity contribution is -0.115. The summed E-state index contributed by atoms with van der Waals surface area (Å²) in [5.41, 5.74) is 0.0726. The van der Waals surface area contributed by atoms with E-state index in [9.17, 15) is 20.1 Å². The van der Waals surface area contributed by atoms with Gasteiger partial charge in [0, 0.05) is 16.5 Å². The molecular formula is C26H24O11. The molecule has 0 unspecified atom stereocenters. The second kappa shape index (κ2) is 8.67. The number of carbonyl (C=O) groups excluding carboxylic acids is 1. The first-order valence-electron chi connectivity index (χ1n) is 11.5. The second-order valence-electron chi connectivity index (χ2n) is 8.96. The van der Waals surface area contributed by atoms with Gasteiger partial charge in [0.2, 0.25) is 13.1 Å². The third kappa shape index (κ3) is 3.54. The first-order chi connectivity index (χ1) is 17.9. The van der Waals surface area contributed by atoms with Gasteiger partial charge in [-0.2, -0.15) is 0 Å². The average Bonchev–Trinajstić information content (AvgIpc) is 3.62. The minimum absolute atomic E-state index is 0.0849. The van der Waals surface area contributed by atoms with Crippen LogP contribution in [0.15, 0.2) is 30.3 Å². The van der Waals surface area contributed by atoms with Gasteiger partial charge in [-0.15, -0.1) is 0 Å². The van der Waals surface area contributed by atoms with Crippen LogP contribution >= 0.6 is 0 Å². The molecule has 37 heavy (non-hydrogen) atoms. The van der Waals surface area contributed by atoms with E-state index < -0.39 is 30.6 Å². The maximum atomic E-state index is 13.1. The molecule has 3 aromatic rings. The lowest BCUT2D eigenvalue weighted by Crippen LogP contribution is -2.48. The van der Waals surface area contributed by atoms with Crippen molar-refractivity contribution in [1.29, 1.82) is 0 Å². The molecule has 11 nitrogen and oxygen atoms in total. The number of esters is 1. The third-order valence-electron chi connectivity index (χ3n) is 6.89. The molecule has 3 aliphatic heterocycles. The fourth-order valence-electron chi connectivity index (χ4n) is 4.90. The number of hydrogen-bond donors (Lipinski definition) is 3. The van der Waals surface area contributed by atoms with Crippen LogP contribution in [0.3, 0.4) is 0 Å². The number of benzene rings is 3. The van der Waals surface area contributed by atoms with Crippen molar-refractivity contribution in [3.63, 3.8) is 0 Å². The number of carbonyl (C=O) groups is 1. The summed E-state index contributed by atoms with van der Waals surface area (Å²) in [5, 5.41) is 31.7. The summed E-state index contributed by atoms with van der Waals surface area (Å²) in [7, 11) is 3.00. The molecule has 0 aromatic heterocycles. The molecule has 11 heteroatoms. The first-order valence-corrected chi connectivity index (χ1v) is 11.5.